The lowest BCUT2D eigenvalue weighted by atomic mass is 9.96. The fourth-order valence-electron chi connectivity index (χ4n) is 2.54. The maximum atomic E-state index is 11.9. The molecule has 0 radical (unpaired) electrons. The zero-order valence-electron chi connectivity index (χ0n) is 20.0. The van der Waals surface area contributed by atoms with Gasteiger partial charge in [-0.05, 0) is 35.4 Å². The van der Waals surface area contributed by atoms with Crippen LogP contribution in [0.4, 0.5) is 0 Å². The van der Waals surface area contributed by atoms with E-state index in [-0.39, 0.29) is 26.4 Å². The van der Waals surface area contributed by atoms with Crippen LogP contribution in [0.15, 0.2) is 48.5 Å². The van der Waals surface area contributed by atoms with Crippen LogP contribution in [0.2, 0.25) is 0 Å². The van der Waals surface area contributed by atoms with Crippen molar-refractivity contribution in [1.82, 2.24) is 0 Å². The molecule has 0 aromatic heterocycles. The number of methoxy groups -OCH3 is 2. The fourth-order valence-corrected chi connectivity index (χ4v) is 2.54. The molecule has 0 atom stereocenters. The first-order valence-corrected chi connectivity index (χ1v) is 10.6. The summed E-state index contributed by atoms with van der Waals surface area (Å²) in [7, 11) is 3.06. The predicted octanol–water partition coefficient (Wildman–Crippen LogP) is 2.60. The molecule has 0 spiro atoms. The van der Waals surface area contributed by atoms with Crippen LogP contribution in [0.1, 0.15) is 25.0 Å². The topological polar surface area (TPSA) is 124 Å². The van der Waals surface area contributed by atoms with Gasteiger partial charge in [0, 0.05) is 5.41 Å². The van der Waals surface area contributed by atoms with Crippen molar-refractivity contribution in [3.05, 3.63) is 59.7 Å². The number of carbonyl (C=O) groups is 4. The highest BCUT2D eigenvalue weighted by Gasteiger charge is 2.28. The van der Waals surface area contributed by atoms with E-state index < -0.39 is 29.3 Å². The summed E-state index contributed by atoms with van der Waals surface area (Å²) >= 11 is 0. The van der Waals surface area contributed by atoms with Gasteiger partial charge in [0.25, 0.3) is 0 Å². The minimum Gasteiger partial charge on any atom is -0.497 e. The van der Waals surface area contributed by atoms with E-state index in [1.165, 1.54) is 14.2 Å². The van der Waals surface area contributed by atoms with Gasteiger partial charge in [-0.15, -0.1) is 0 Å². The minimum atomic E-state index is -1.18. The third kappa shape index (κ3) is 9.36. The molecule has 10 heteroatoms. The van der Waals surface area contributed by atoms with E-state index in [4.69, 9.17) is 28.4 Å². The van der Waals surface area contributed by atoms with Crippen LogP contribution in [0.25, 0.3) is 0 Å². The smallest absolute Gasteiger partial charge is 0.417 e. The summed E-state index contributed by atoms with van der Waals surface area (Å²) in [4.78, 5) is 47.5. The molecule has 0 bridgehead atoms. The van der Waals surface area contributed by atoms with Crippen molar-refractivity contribution in [3.8, 4) is 11.5 Å². The normalized spacial score (nSPS) is 10.6. The standard InChI is InChI=1S/C25H28O10/c1-25(2,15-34-23(28)21(26)32-13-17-5-9-19(30-3)10-6-17)16-35-24(29)22(27)33-14-18-7-11-20(31-4)12-8-18/h5-12H,13-16H2,1-4H3. The third-order valence-corrected chi connectivity index (χ3v) is 4.58. The summed E-state index contributed by atoms with van der Waals surface area (Å²) < 4.78 is 29.9. The van der Waals surface area contributed by atoms with Gasteiger partial charge in [0.05, 0.1) is 14.2 Å². The first-order chi connectivity index (χ1) is 16.6. The SMILES string of the molecule is COc1ccc(COC(=O)C(=O)OCC(C)(C)COC(=O)C(=O)OCc2ccc(OC)cc2)cc1. The molecule has 0 aliphatic carbocycles. The molecule has 0 saturated carbocycles. The van der Waals surface area contributed by atoms with Gasteiger partial charge >= 0.3 is 23.9 Å². The Balaban J connectivity index is 1.69. The van der Waals surface area contributed by atoms with E-state index in [0.717, 1.165) is 0 Å². The van der Waals surface area contributed by atoms with Crippen LogP contribution >= 0.6 is 0 Å². The van der Waals surface area contributed by atoms with Crippen molar-refractivity contribution in [2.75, 3.05) is 27.4 Å². The second-order valence-electron chi connectivity index (χ2n) is 8.16. The Morgan fingerprint density at radius 3 is 1.20 bits per heavy atom. The number of benzene rings is 2. The molecule has 2 rings (SSSR count). The second-order valence-corrected chi connectivity index (χ2v) is 8.16. The maximum Gasteiger partial charge on any atom is 0.417 e. The van der Waals surface area contributed by atoms with Crippen molar-refractivity contribution in [2.45, 2.75) is 27.1 Å². The molecule has 0 heterocycles. The Kier molecular flexibility index (Phi) is 10.1. The zero-order chi connectivity index (χ0) is 25.8. The average molecular weight is 488 g/mol. The van der Waals surface area contributed by atoms with Crippen LogP contribution in [0.3, 0.4) is 0 Å². The van der Waals surface area contributed by atoms with Crippen LogP contribution in [-0.4, -0.2) is 51.3 Å². The van der Waals surface area contributed by atoms with Gasteiger partial charge in [-0.25, -0.2) is 19.2 Å². The molecule has 2 aromatic carbocycles. The monoisotopic (exact) mass is 488 g/mol. The van der Waals surface area contributed by atoms with E-state index in [1.807, 2.05) is 0 Å². The molecule has 2 aromatic rings. The first kappa shape index (κ1) is 27.2. The van der Waals surface area contributed by atoms with Gasteiger partial charge in [-0.2, -0.15) is 0 Å². The highest BCUT2D eigenvalue weighted by molar-refractivity contribution is 6.30. The molecule has 10 nitrogen and oxygen atoms in total. The number of carbonyl (C=O) groups excluding carboxylic acids is 4. The lowest BCUT2D eigenvalue weighted by Gasteiger charge is -2.23. The van der Waals surface area contributed by atoms with Crippen molar-refractivity contribution in [3.63, 3.8) is 0 Å². The molecule has 0 amide bonds. The van der Waals surface area contributed by atoms with Crippen molar-refractivity contribution in [1.29, 1.82) is 0 Å². The Labute approximate surface area is 203 Å². The van der Waals surface area contributed by atoms with E-state index in [2.05, 4.69) is 0 Å². The highest BCUT2D eigenvalue weighted by Crippen LogP contribution is 2.17. The summed E-state index contributed by atoms with van der Waals surface area (Å²) in [5.41, 5.74) is 0.453. The predicted molar refractivity (Wildman–Crippen MR) is 121 cm³/mol. The van der Waals surface area contributed by atoms with Crippen molar-refractivity contribution in [2.24, 2.45) is 5.41 Å². The van der Waals surface area contributed by atoms with Gasteiger partial charge in [-0.1, -0.05) is 38.1 Å². The largest absolute Gasteiger partial charge is 0.497 e. The fraction of sp³-hybridized carbons (Fsp3) is 0.360. The molecule has 0 fully saturated rings. The van der Waals surface area contributed by atoms with Crippen molar-refractivity contribution >= 4 is 23.9 Å². The van der Waals surface area contributed by atoms with Crippen molar-refractivity contribution < 1.29 is 47.6 Å². The third-order valence-electron chi connectivity index (χ3n) is 4.58. The molecule has 0 aliphatic rings. The summed E-state index contributed by atoms with van der Waals surface area (Å²) in [6.07, 6.45) is 0. The number of ether oxygens (including phenoxy) is 6. The molecule has 0 N–H and O–H groups in total. The highest BCUT2D eigenvalue weighted by atomic mass is 16.6. The summed E-state index contributed by atoms with van der Waals surface area (Å²) in [5, 5.41) is 0. The Hall–Kier alpha value is -4.08. The van der Waals surface area contributed by atoms with E-state index >= 15 is 0 Å². The minimum absolute atomic E-state index is 0.114. The lowest BCUT2D eigenvalue weighted by molar-refractivity contribution is -0.174. The maximum absolute atomic E-state index is 11.9. The van der Waals surface area contributed by atoms with Crippen LogP contribution < -0.4 is 9.47 Å². The van der Waals surface area contributed by atoms with E-state index in [9.17, 15) is 19.2 Å². The number of rotatable bonds is 10. The number of esters is 4. The average Bonchev–Trinajstić information content (AvgIpc) is 2.88. The molecular weight excluding hydrogens is 460 g/mol. The molecular formula is C25H28O10. The van der Waals surface area contributed by atoms with Gasteiger partial charge in [0.15, 0.2) is 0 Å². The van der Waals surface area contributed by atoms with Gasteiger partial charge in [0.2, 0.25) is 0 Å². The van der Waals surface area contributed by atoms with Crippen LogP contribution in [-0.2, 0) is 51.3 Å². The molecule has 0 unspecified atom stereocenters. The summed E-state index contributed by atoms with van der Waals surface area (Å²) in [6.45, 7) is 2.52. The summed E-state index contributed by atoms with van der Waals surface area (Å²) in [6, 6.07) is 13.5. The van der Waals surface area contributed by atoms with Crippen LogP contribution in [0.5, 0.6) is 11.5 Å². The van der Waals surface area contributed by atoms with E-state index in [1.54, 1.807) is 62.4 Å². The van der Waals surface area contributed by atoms with Gasteiger partial charge < -0.3 is 28.4 Å². The first-order valence-electron chi connectivity index (χ1n) is 10.6. The Morgan fingerprint density at radius 1 is 0.571 bits per heavy atom. The lowest BCUT2D eigenvalue weighted by Crippen LogP contribution is -2.32. The Morgan fingerprint density at radius 2 is 0.886 bits per heavy atom. The van der Waals surface area contributed by atoms with Gasteiger partial charge in [0.1, 0.15) is 37.9 Å². The number of hydrogen-bond acceptors (Lipinski definition) is 10. The zero-order valence-corrected chi connectivity index (χ0v) is 20.0. The molecule has 35 heavy (non-hydrogen) atoms. The molecule has 0 aliphatic heterocycles. The molecule has 188 valence electrons. The Bertz CT molecular complexity index is 928. The molecule has 0 saturated heterocycles. The van der Waals surface area contributed by atoms with Crippen LogP contribution in [0, 0.1) is 5.41 Å². The summed E-state index contributed by atoms with van der Waals surface area (Å²) in [5.74, 6) is -3.39. The second kappa shape index (κ2) is 13.0. The quantitative estimate of drug-likeness (QED) is 0.280. The van der Waals surface area contributed by atoms with E-state index in [0.29, 0.717) is 22.6 Å². The number of hydrogen-bond donors (Lipinski definition) is 0. The van der Waals surface area contributed by atoms with Gasteiger partial charge in [-0.3, -0.25) is 0 Å².